The Morgan fingerprint density at radius 3 is 2.79 bits per heavy atom. The number of hydrogen-bond donors (Lipinski definition) is 1. The average Bonchev–Trinajstić information content (AvgIpc) is 2.59. The Hall–Kier alpha value is -2.52. The van der Waals surface area contributed by atoms with Crippen molar-refractivity contribution in [3.63, 3.8) is 0 Å². The van der Waals surface area contributed by atoms with Crippen LogP contribution >= 0.6 is 0 Å². The van der Waals surface area contributed by atoms with Crippen molar-refractivity contribution in [3.05, 3.63) is 34.1 Å². The smallest absolute Gasteiger partial charge is 0.270 e. The highest BCUT2D eigenvalue weighted by Crippen LogP contribution is 2.32. The molecular weight excluding hydrogens is 304 g/mol. The summed E-state index contributed by atoms with van der Waals surface area (Å²) in [5, 5.41) is 14.0. The van der Waals surface area contributed by atoms with Crippen LogP contribution in [0.15, 0.2) is 23.0 Å². The maximum absolute atomic E-state index is 12.7. The molecule has 2 atom stereocenters. The summed E-state index contributed by atoms with van der Waals surface area (Å²) >= 11 is 0. The first-order valence-corrected chi connectivity index (χ1v) is 8.08. The molecule has 2 aromatic rings. The largest absolute Gasteiger partial charge is 0.497 e. The normalized spacial score (nSPS) is 20.9. The van der Waals surface area contributed by atoms with Gasteiger partial charge in [0.05, 0.1) is 18.3 Å². The molecule has 0 saturated carbocycles. The summed E-state index contributed by atoms with van der Waals surface area (Å²) in [7, 11) is 3.29. The minimum Gasteiger partial charge on any atom is -0.497 e. The highest BCUT2D eigenvalue weighted by Gasteiger charge is 2.28. The lowest BCUT2D eigenvalue weighted by molar-refractivity contribution is 0.415. The third-order valence-electron chi connectivity index (χ3n) is 4.74. The number of methoxy groups -OCH3 is 1. The molecule has 0 amide bonds. The number of nitriles is 1. The molecule has 1 aromatic carbocycles. The number of aryl methyl sites for hydroxylation is 1. The summed E-state index contributed by atoms with van der Waals surface area (Å²) in [6.07, 6.45) is 0. The van der Waals surface area contributed by atoms with E-state index in [4.69, 9.17) is 4.74 Å². The van der Waals surface area contributed by atoms with Gasteiger partial charge in [-0.1, -0.05) is 0 Å². The fourth-order valence-corrected chi connectivity index (χ4v) is 3.36. The van der Waals surface area contributed by atoms with Crippen LogP contribution in [-0.2, 0) is 7.05 Å². The van der Waals surface area contributed by atoms with Crippen molar-refractivity contribution >= 4 is 16.6 Å². The SMILES string of the molecule is COc1ccc2c(N3C[C@@H](C)NC[C@@H]3C)c(C#N)c(=O)n(C)c2c1. The van der Waals surface area contributed by atoms with Crippen LogP contribution in [-0.4, -0.2) is 36.9 Å². The molecule has 3 rings (SSSR count). The van der Waals surface area contributed by atoms with Gasteiger partial charge in [-0.05, 0) is 26.0 Å². The average molecular weight is 326 g/mol. The van der Waals surface area contributed by atoms with Gasteiger partial charge in [0, 0.05) is 43.7 Å². The van der Waals surface area contributed by atoms with Gasteiger partial charge in [-0.2, -0.15) is 5.26 Å². The molecule has 2 heterocycles. The van der Waals surface area contributed by atoms with E-state index in [1.165, 1.54) is 4.57 Å². The van der Waals surface area contributed by atoms with Gasteiger partial charge in [0.25, 0.3) is 5.56 Å². The summed E-state index contributed by atoms with van der Waals surface area (Å²) < 4.78 is 6.82. The van der Waals surface area contributed by atoms with Gasteiger partial charge in [-0.25, -0.2) is 0 Å². The number of anilines is 1. The Labute approximate surface area is 141 Å². The Morgan fingerprint density at radius 2 is 2.12 bits per heavy atom. The number of hydrogen-bond acceptors (Lipinski definition) is 5. The first-order valence-electron chi connectivity index (χ1n) is 8.08. The molecule has 6 nitrogen and oxygen atoms in total. The van der Waals surface area contributed by atoms with Gasteiger partial charge in [0.15, 0.2) is 0 Å². The standard InChI is InChI=1S/C18H22N4O2/c1-11-10-22(12(2)9-20-11)17-14-6-5-13(24-4)7-16(14)21(3)18(23)15(17)8-19/h5-7,11-12,20H,9-10H2,1-4H3/t11-,12+/m1/s1. The molecule has 6 heteroatoms. The fourth-order valence-electron chi connectivity index (χ4n) is 3.36. The molecule has 1 aromatic heterocycles. The predicted octanol–water partition coefficient (Wildman–Crippen LogP) is 1.61. The van der Waals surface area contributed by atoms with Crippen molar-refractivity contribution in [1.82, 2.24) is 9.88 Å². The summed E-state index contributed by atoms with van der Waals surface area (Å²) in [5.74, 6) is 0.690. The van der Waals surface area contributed by atoms with Crippen LogP contribution in [0.5, 0.6) is 5.75 Å². The van der Waals surface area contributed by atoms with Crippen molar-refractivity contribution in [3.8, 4) is 11.8 Å². The fraction of sp³-hybridized carbons (Fsp3) is 0.444. The van der Waals surface area contributed by atoms with Gasteiger partial charge < -0.3 is 19.5 Å². The van der Waals surface area contributed by atoms with Crippen LogP contribution in [0.1, 0.15) is 19.4 Å². The molecule has 24 heavy (non-hydrogen) atoms. The van der Waals surface area contributed by atoms with Gasteiger partial charge in [0.2, 0.25) is 0 Å². The minimum atomic E-state index is -0.272. The van der Waals surface area contributed by atoms with Gasteiger partial charge in [-0.15, -0.1) is 0 Å². The van der Waals surface area contributed by atoms with Crippen LogP contribution in [0.25, 0.3) is 10.9 Å². The van der Waals surface area contributed by atoms with E-state index in [9.17, 15) is 10.1 Å². The van der Waals surface area contributed by atoms with E-state index in [1.54, 1.807) is 14.2 Å². The van der Waals surface area contributed by atoms with Crippen molar-refractivity contribution in [1.29, 1.82) is 5.26 Å². The third-order valence-corrected chi connectivity index (χ3v) is 4.74. The van der Waals surface area contributed by atoms with Crippen LogP contribution < -0.4 is 20.5 Å². The Bertz CT molecular complexity index is 881. The lowest BCUT2D eigenvalue weighted by Gasteiger charge is -2.40. The molecular formula is C18H22N4O2. The number of ether oxygens (including phenoxy) is 1. The second-order valence-corrected chi connectivity index (χ2v) is 6.39. The number of benzene rings is 1. The molecule has 0 unspecified atom stereocenters. The molecule has 0 spiro atoms. The zero-order valence-corrected chi connectivity index (χ0v) is 14.5. The maximum atomic E-state index is 12.7. The Balaban J connectivity index is 2.35. The Morgan fingerprint density at radius 1 is 1.38 bits per heavy atom. The summed E-state index contributed by atoms with van der Waals surface area (Å²) in [5.41, 5.74) is 1.44. The topological polar surface area (TPSA) is 70.3 Å². The second-order valence-electron chi connectivity index (χ2n) is 6.39. The monoisotopic (exact) mass is 326 g/mol. The molecule has 1 fully saturated rings. The van der Waals surface area contributed by atoms with Crippen molar-refractivity contribution in [2.45, 2.75) is 25.9 Å². The number of rotatable bonds is 2. The molecule has 1 aliphatic heterocycles. The molecule has 1 aliphatic rings. The first kappa shape index (κ1) is 16.3. The minimum absolute atomic E-state index is 0.200. The summed E-state index contributed by atoms with van der Waals surface area (Å²) in [6.45, 7) is 5.78. The van der Waals surface area contributed by atoms with E-state index in [2.05, 4.69) is 30.1 Å². The van der Waals surface area contributed by atoms with Gasteiger partial charge in [0.1, 0.15) is 17.4 Å². The van der Waals surface area contributed by atoms with Crippen LogP contribution in [0.2, 0.25) is 0 Å². The zero-order valence-electron chi connectivity index (χ0n) is 14.5. The van der Waals surface area contributed by atoms with E-state index in [1.807, 2.05) is 18.2 Å². The van der Waals surface area contributed by atoms with Crippen LogP contribution in [0, 0.1) is 11.3 Å². The molecule has 0 bridgehead atoms. The number of fused-ring (bicyclic) bond motifs is 1. The van der Waals surface area contributed by atoms with E-state index < -0.39 is 0 Å². The molecule has 1 saturated heterocycles. The molecule has 0 aliphatic carbocycles. The van der Waals surface area contributed by atoms with Crippen molar-refractivity contribution in [2.24, 2.45) is 7.05 Å². The second kappa shape index (κ2) is 6.17. The summed E-state index contributed by atoms with van der Waals surface area (Å²) in [6, 6.07) is 8.28. The first-order chi connectivity index (χ1) is 11.5. The number of pyridine rings is 1. The maximum Gasteiger partial charge on any atom is 0.270 e. The highest BCUT2D eigenvalue weighted by molar-refractivity contribution is 5.95. The van der Waals surface area contributed by atoms with Crippen molar-refractivity contribution < 1.29 is 4.74 Å². The lowest BCUT2D eigenvalue weighted by atomic mass is 10.0. The number of aromatic nitrogens is 1. The van der Waals surface area contributed by atoms with Crippen molar-refractivity contribution in [2.75, 3.05) is 25.1 Å². The highest BCUT2D eigenvalue weighted by atomic mass is 16.5. The van der Waals surface area contributed by atoms with E-state index in [0.29, 0.717) is 11.8 Å². The van der Waals surface area contributed by atoms with Gasteiger partial charge >= 0.3 is 0 Å². The Kier molecular flexibility index (Phi) is 4.20. The third kappa shape index (κ3) is 2.51. The lowest BCUT2D eigenvalue weighted by Crippen LogP contribution is -2.55. The molecule has 126 valence electrons. The summed E-state index contributed by atoms with van der Waals surface area (Å²) in [4.78, 5) is 14.9. The van der Waals surface area contributed by atoms with E-state index in [0.717, 1.165) is 29.7 Å². The van der Waals surface area contributed by atoms with E-state index in [-0.39, 0.29) is 17.2 Å². The zero-order chi connectivity index (χ0) is 17.4. The number of nitrogens with one attached hydrogen (secondary N) is 1. The van der Waals surface area contributed by atoms with Crippen LogP contribution in [0.4, 0.5) is 5.69 Å². The number of nitrogens with zero attached hydrogens (tertiary/aromatic N) is 3. The van der Waals surface area contributed by atoms with Gasteiger partial charge in [-0.3, -0.25) is 4.79 Å². The quantitative estimate of drug-likeness (QED) is 0.908. The molecule has 0 radical (unpaired) electrons. The van der Waals surface area contributed by atoms with Crippen LogP contribution in [0.3, 0.4) is 0 Å². The number of piperazine rings is 1. The molecule has 1 N–H and O–H groups in total. The van der Waals surface area contributed by atoms with E-state index >= 15 is 0 Å². The predicted molar refractivity (Wildman–Crippen MR) is 94.7 cm³/mol.